The van der Waals surface area contributed by atoms with Crippen molar-refractivity contribution in [1.29, 1.82) is 0 Å². The molecule has 0 radical (unpaired) electrons. The first-order valence-corrected chi connectivity index (χ1v) is 13.6. The largest absolute Gasteiger partial charge is 0.493 e. The molecule has 11 nitrogen and oxygen atoms in total. The molecular weight excluding hydrogens is 516 g/mol. The first kappa shape index (κ1) is 27.3. The Bertz CT molecular complexity index is 1270. The van der Waals surface area contributed by atoms with Crippen molar-refractivity contribution in [2.24, 2.45) is 0 Å². The molecule has 4 aliphatic rings. The maximum absolute atomic E-state index is 13.3. The van der Waals surface area contributed by atoms with E-state index in [-0.39, 0.29) is 36.0 Å². The zero-order chi connectivity index (χ0) is 28.1. The second-order valence-corrected chi connectivity index (χ2v) is 10.2. The summed E-state index contributed by atoms with van der Waals surface area (Å²) >= 11 is 0. The van der Waals surface area contributed by atoms with Crippen LogP contribution in [0, 0.1) is 0 Å². The lowest BCUT2D eigenvalue weighted by Crippen LogP contribution is -2.45. The van der Waals surface area contributed by atoms with E-state index >= 15 is 0 Å². The van der Waals surface area contributed by atoms with E-state index < -0.39 is 12.1 Å². The number of likely N-dealkylation sites (tertiary alicyclic amines) is 2. The van der Waals surface area contributed by atoms with Gasteiger partial charge in [0.05, 0.1) is 19.7 Å². The van der Waals surface area contributed by atoms with E-state index in [1.54, 1.807) is 29.2 Å². The van der Waals surface area contributed by atoms with Gasteiger partial charge in [0.15, 0.2) is 18.1 Å². The molecule has 212 valence electrons. The fourth-order valence-electron chi connectivity index (χ4n) is 5.19. The summed E-state index contributed by atoms with van der Waals surface area (Å²) in [7, 11) is 1.48. The molecule has 40 heavy (non-hydrogen) atoms. The molecule has 0 saturated carbocycles. The van der Waals surface area contributed by atoms with Crippen molar-refractivity contribution in [2.75, 3.05) is 39.9 Å². The molecule has 4 heterocycles. The van der Waals surface area contributed by atoms with Crippen LogP contribution in [0.25, 0.3) is 0 Å². The number of methoxy groups -OCH3 is 1. The van der Waals surface area contributed by atoms with Gasteiger partial charge in [0, 0.05) is 44.6 Å². The van der Waals surface area contributed by atoms with E-state index in [4.69, 9.17) is 14.2 Å². The summed E-state index contributed by atoms with van der Waals surface area (Å²) in [6.45, 7) is 2.03. The monoisotopic (exact) mass is 550 g/mol. The summed E-state index contributed by atoms with van der Waals surface area (Å²) < 4.78 is 17.3. The Labute approximate surface area is 232 Å². The lowest BCUT2D eigenvalue weighted by Gasteiger charge is -2.21. The number of carbonyl (C=O) groups excluding carboxylic acids is 4. The zero-order valence-electron chi connectivity index (χ0n) is 22.5. The molecule has 2 atom stereocenters. The van der Waals surface area contributed by atoms with Crippen molar-refractivity contribution in [1.82, 2.24) is 20.4 Å². The Morgan fingerprint density at radius 1 is 1.10 bits per heavy atom. The molecule has 4 aliphatic heterocycles. The van der Waals surface area contributed by atoms with Gasteiger partial charge in [-0.2, -0.15) is 0 Å². The molecule has 2 fully saturated rings. The molecule has 2 saturated heterocycles. The zero-order valence-corrected chi connectivity index (χ0v) is 22.5. The van der Waals surface area contributed by atoms with Crippen molar-refractivity contribution >= 4 is 23.6 Å². The van der Waals surface area contributed by atoms with Crippen molar-refractivity contribution < 1.29 is 33.4 Å². The summed E-state index contributed by atoms with van der Waals surface area (Å²) in [5.41, 5.74) is 1.21. The van der Waals surface area contributed by atoms with Crippen LogP contribution in [0.15, 0.2) is 42.5 Å². The number of fused-ring (bicyclic) bond motifs is 7. The third-order valence-corrected chi connectivity index (χ3v) is 7.41. The van der Waals surface area contributed by atoms with Gasteiger partial charge in [-0.05, 0) is 48.7 Å². The van der Waals surface area contributed by atoms with Gasteiger partial charge in [-0.1, -0.05) is 12.1 Å². The topological polar surface area (TPSA) is 127 Å². The van der Waals surface area contributed by atoms with E-state index in [0.717, 1.165) is 18.5 Å². The van der Waals surface area contributed by atoms with Gasteiger partial charge in [-0.25, -0.2) is 0 Å². The Hall–Kier alpha value is -4.28. The Balaban J connectivity index is 1.33. The fourth-order valence-corrected chi connectivity index (χ4v) is 5.19. The van der Waals surface area contributed by atoms with E-state index in [0.29, 0.717) is 62.5 Å². The maximum atomic E-state index is 13.3. The van der Waals surface area contributed by atoms with E-state index in [1.807, 2.05) is 17.0 Å². The van der Waals surface area contributed by atoms with Gasteiger partial charge in [-0.15, -0.1) is 0 Å². The lowest BCUT2D eigenvalue weighted by atomic mass is 10.1. The average Bonchev–Trinajstić information content (AvgIpc) is 3.56. The SMILES string of the molecule is COc1ccc2cc1OCC(=O)NCc1ccc(cc1)O[C@H]1CN(C(=O)CCCN3CCCC3=O)C[C@@H]1NC2=O. The molecule has 0 spiro atoms. The third-order valence-electron chi connectivity index (χ3n) is 7.41. The second-order valence-electron chi connectivity index (χ2n) is 10.2. The van der Waals surface area contributed by atoms with Crippen LogP contribution in [-0.4, -0.2) is 85.5 Å². The van der Waals surface area contributed by atoms with Crippen LogP contribution >= 0.6 is 0 Å². The molecule has 4 bridgehead atoms. The second kappa shape index (κ2) is 12.3. The summed E-state index contributed by atoms with van der Waals surface area (Å²) in [6.07, 6.45) is 1.89. The predicted octanol–water partition coefficient (Wildman–Crippen LogP) is 1.49. The molecule has 4 amide bonds. The number of rotatable bonds is 5. The average molecular weight is 551 g/mol. The minimum absolute atomic E-state index is 0.0367. The van der Waals surface area contributed by atoms with Crippen LogP contribution in [0.1, 0.15) is 41.6 Å². The van der Waals surface area contributed by atoms with Crippen LogP contribution in [0.5, 0.6) is 17.2 Å². The van der Waals surface area contributed by atoms with Gasteiger partial charge in [0.1, 0.15) is 11.9 Å². The van der Waals surface area contributed by atoms with Crippen LogP contribution < -0.4 is 24.8 Å². The van der Waals surface area contributed by atoms with Crippen molar-refractivity contribution in [3.63, 3.8) is 0 Å². The highest BCUT2D eigenvalue weighted by Crippen LogP contribution is 2.29. The van der Waals surface area contributed by atoms with Crippen LogP contribution in [0.3, 0.4) is 0 Å². The van der Waals surface area contributed by atoms with Crippen molar-refractivity contribution in [3.8, 4) is 17.2 Å². The molecule has 2 aromatic carbocycles. The van der Waals surface area contributed by atoms with Crippen LogP contribution in [0.2, 0.25) is 0 Å². The van der Waals surface area contributed by atoms with Gasteiger partial charge in [0.2, 0.25) is 11.8 Å². The number of amides is 4. The van der Waals surface area contributed by atoms with Crippen molar-refractivity contribution in [3.05, 3.63) is 53.6 Å². The Kier molecular flexibility index (Phi) is 8.37. The molecule has 11 heteroatoms. The minimum atomic E-state index is -0.469. The quantitative estimate of drug-likeness (QED) is 0.578. The summed E-state index contributed by atoms with van der Waals surface area (Å²) in [5.74, 6) is 0.699. The number of nitrogens with zero attached hydrogens (tertiary/aromatic N) is 2. The lowest BCUT2D eigenvalue weighted by molar-refractivity contribution is -0.132. The van der Waals surface area contributed by atoms with Gasteiger partial charge in [-0.3, -0.25) is 19.2 Å². The van der Waals surface area contributed by atoms with E-state index in [9.17, 15) is 19.2 Å². The predicted molar refractivity (Wildman–Crippen MR) is 144 cm³/mol. The summed E-state index contributed by atoms with van der Waals surface area (Å²) in [5, 5.41) is 5.83. The minimum Gasteiger partial charge on any atom is -0.493 e. The van der Waals surface area contributed by atoms with Crippen LogP contribution in [-0.2, 0) is 20.9 Å². The molecule has 2 N–H and O–H groups in total. The van der Waals surface area contributed by atoms with Crippen LogP contribution in [0.4, 0.5) is 0 Å². The standard InChI is InChI=1S/C29H34N4O7/c1-38-23-11-8-20-14-24(23)39-18-26(34)30-15-19-6-9-21(10-7-19)40-25-17-33(16-22(25)31-29(20)37)28(36)5-3-13-32-12-2-4-27(32)35/h6-11,14,22,25H,2-5,12-13,15-18H2,1H3,(H,30,34)(H,31,37)/t22-,25-/m0/s1. The Morgan fingerprint density at radius 3 is 2.67 bits per heavy atom. The van der Waals surface area contributed by atoms with Gasteiger partial charge < -0.3 is 34.6 Å². The number of benzene rings is 2. The first-order valence-electron chi connectivity index (χ1n) is 13.6. The highest BCUT2D eigenvalue weighted by atomic mass is 16.5. The Morgan fingerprint density at radius 2 is 1.93 bits per heavy atom. The molecule has 0 aromatic heterocycles. The van der Waals surface area contributed by atoms with Gasteiger partial charge >= 0.3 is 0 Å². The van der Waals surface area contributed by atoms with Gasteiger partial charge in [0.25, 0.3) is 11.8 Å². The van der Waals surface area contributed by atoms with E-state index in [1.165, 1.54) is 13.2 Å². The smallest absolute Gasteiger partial charge is 0.258 e. The molecule has 6 rings (SSSR count). The maximum Gasteiger partial charge on any atom is 0.258 e. The number of nitrogens with one attached hydrogen (secondary N) is 2. The number of hydrogen-bond donors (Lipinski definition) is 2. The fraction of sp³-hybridized carbons (Fsp3) is 0.448. The molecule has 0 aliphatic carbocycles. The third kappa shape index (κ3) is 6.47. The molecular formula is C29H34N4O7. The summed E-state index contributed by atoms with van der Waals surface area (Å²) in [4.78, 5) is 54.1. The number of hydrogen-bond acceptors (Lipinski definition) is 7. The number of carbonyl (C=O) groups is 4. The normalized spacial score (nSPS) is 21.2. The first-order chi connectivity index (χ1) is 19.4. The number of ether oxygens (including phenoxy) is 3. The van der Waals surface area contributed by atoms with E-state index in [2.05, 4.69) is 10.6 Å². The molecule has 0 unspecified atom stereocenters. The highest BCUT2D eigenvalue weighted by molar-refractivity contribution is 5.95. The summed E-state index contributed by atoms with van der Waals surface area (Å²) in [6, 6.07) is 11.6. The molecule has 2 aromatic rings. The van der Waals surface area contributed by atoms with Crippen molar-refractivity contribution in [2.45, 2.75) is 44.4 Å². The highest BCUT2D eigenvalue weighted by Gasteiger charge is 2.38.